The average molecular weight is 263 g/mol. The van der Waals surface area contributed by atoms with Crippen LogP contribution in [0.1, 0.15) is 29.2 Å². The molecule has 19 heavy (non-hydrogen) atoms. The van der Waals surface area contributed by atoms with E-state index in [0.717, 1.165) is 26.1 Å². The van der Waals surface area contributed by atoms with Crippen LogP contribution in [0.3, 0.4) is 0 Å². The molecule has 1 unspecified atom stereocenters. The summed E-state index contributed by atoms with van der Waals surface area (Å²) in [5.74, 6) is 0. The van der Waals surface area contributed by atoms with Crippen LogP contribution >= 0.6 is 0 Å². The lowest BCUT2D eigenvalue weighted by Crippen LogP contribution is -2.30. The molecule has 0 aliphatic carbocycles. The maximum Gasteiger partial charge on any atom is 0.0307 e. The van der Waals surface area contributed by atoms with Crippen LogP contribution < -0.4 is 5.73 Å². The Morgan fingerprint density at radius 3 is 2.05 bits per heavy atom. The zero-order chi connectivity index (χ0) is 14.4. The van der Waals surface area contributed by atoms with Crippen LogP contribution in [0, 0.1) is 13.8 Å². The molecule has 0 saturated carbocycles. The van der Waals surface area contributed by atoms with E-state index in [4.69, 9.17) is 5.73 Å². The molecule has 108 valence electrons. The van der Waals surface area contributed by atoms with Gasteiger partial charge in [0.25, 0.3) is 0 Å². The van der Waals surface area contributed by atoms with Crippen molar-refractivity contribution in [3.63, 3.8) is 0 Å². The molecule has 0 fully saturated rings. The molecule has 0 aromatic heterocycles. The summed E-state index contributed by atoms with van der Waals surface area (Å²) in [5.41, 5.74) is 10.2. The van der Waals surface area contributed by atoms with Crippen molar-refractivity contribution in [1.82, 2.24) is 9.80 Å². The summed E-state index contributed by atoms with van der Waals surface area (Å²) in [6.45, 7) is 7.49. The molecule has 3 heteroatoms. The second-order valence-electron chi connectivity index (χ2n) is 5.92. The lowest BCUT2D eigenvalue weighted by Gasteiger charge is -2.21. The maximum atomic E-state index is 6.30. The topological polar surface area (TPSA) is 32.5 Å². The fraction of sp³-hybridized carbons (Fsp3) is 0.625. The lowest BCUT2D eigenvalue weighted by molar-refractivity contribution is 0.274. The van der Waals surface area contributed by atoms with Gasteiger partial charge in [-0.15, -0.1) is 0 Å². The molecule has 1 aromatic carbocycles. The summed E-state index contributed by atoms with van der Waals surface area (Å²) in [4.78, 5) is 4.56. The molecular formula is C16H29N3. The van der Waals surface area contributed by atoms with Crippen molar-refractivity contribution in [3.05, 3.63) is 34.9 Å². The summed E-state index contributed by atoms with van der Waals surface area (Å²) in [7, 11) is 6.38. The number of aryl methyl sites for hydroxylation is 2. The van der Waals surface area contributed by atoms with Gasteiger partial charge < -0.3 is 15.5 Å². The Labute approximate surface area is 118 Å². The Kier molecular flexibility index (Phi) is 6.49. The van der Waals surface area contributed by atoms with Gasteiger partial charge in [0.15, 0.2) is 0 Å². The van der Waals surface area contributed by atoms with Gasteiger partial charge in [0.05, 0.1) is 0 Å². The van der Waals surface area contributed by atoms with Gasteiger partial charge in [0, 0.05) is 19.1 Å². The number of rotatable bonds is 7. The predicted molar refractivity (Wildman–Crippen MR) is 83.5 cm³/mol. The van der Waals surface area contributed by atoms with Crippen LogP contribution in [0.5, 0.6) is 0 Å². The van der Waals surface area contributed by atoms with E-state index in [2.05, 4.69) is 63.0 Å². The molecular weight excluding hydrogens is 234 g/mol. The molecule has 0 radical (unpaired) electrons. The molecule has 1 aromatic rings. The fourth-order valence-electron chi connectivity index (χ4n) is 2.23. The molecule has 0 aliphatic heterocycles. The number of benzene rings is 1. The highest BCUT2D eigenvalue weighted by Gasteiger charge is 2.08. The van der Waals surface area contributed by atoms with Gasteiger partial charge in [0.1, 0.15) is 0 Å². The highest BCUT2D eigenvalue weighted by molar-refractivity contribution is 5.30. The van der Waals surface area contributed by atoms with Gasteiger partial charge in [-0.2, -0.15) is 0 Å². The van der Waals surface area contributed by atoms with E-state index in [1.54, 1.807) is 0 Å². The minimum Gasteiger partial charge on any atom is -0.324 e. The number of hydrogen-bond donors (Lipinski definition) is 1. The second kappa shape index (κ2) is 7.63. The van der Waals surface area contributed by atoms with E-state index < -0.39 is 0 Å². The molecule has 0 bridgehead atoms. The molecule has 1 atom stereocenters. The monoisotopic (exact) mass is 263 g/mol. The van der Waals surface area contributed by atoms with Crippen LogP contribution in [0.15, 0.2) is 18.2 Å². The Bertz CT molecular complexity index is 367. The average Bonchev–Trinajstić information content (AvgIpc) is 2.32. The van der Waals surface area contributed by atoms with Crippen LogP contribution in [0.4, 0.5) is 0 Å². The van der Waals surface area contributed by atoms with Gasteiger partial charge in [-0.05, 0) is 53.5 Å². The summed E-state index contributed by atoms with van der Waals surface area (Å²) in [5, 5.41) is 0. The van der Waals surface area contributed by atoms with Crippen molar-refractivity contribution >= 4 is 0 Å². The molecule has 2 N–H and O–H groups in total. The molecule has 0 aliphatic rings. The SMILES string of the molecule is Cc1cc(C)cc(C(N)CCN(C)CCN(C)C)c1. The molecule has 3 nitrogen and oxygen atoms in total. The van der Waals surface area contributed by atoms with Gasteiger partial charge in [-0.25, -0.2) is 0 Å². The first-order valence-corrected chi connectivity index (χ1v) is 7.05. The van der Waals surface area contributed by atoms with Gasteiger partial charge in [0.2, 0.25) is 0 Å². The Balaban J connectivity index is 2.44. The van der Waals surface area contributed by atoms with E-state index in [-0.39, 0.29) is 6.04 Å². The smallest absolute Gasteiger partial charge is 0.0307 e. The quantitative estimate of drug-likeness (QED) is 0.818. The minimum absolute atomic E-state index is 0.139. The van der Waals surface area contributed by atoms with E-state index in [9.17, 15) is 0 Å². The maximum absolute atomic E-state index is 6.30. The van der Waals surface area contributed by atoms with Crippen molar-refractivity contribution in [2.75, 3.05) is 40.8 Å². The van der Waals surface area contributed by atoms with Crippen LogP contribution in [-0.2, 0) is 0 Å². The molecule has 0 saturated heterocycles. The fourth-order valence-corrected chi connectivity index (χ4v) is 2.23. The third-order valence-corrected chi connectivity index (χ3v) is 3.42. The zero-order valence-corrected chi connectivity index (χ0v) is 13.1. The second-order valence-corrected chi connectivity index (χ2v) is 5.92. The Morgan fingerprint density at radius 1 is 0.947 bits per heavy atom. The molecule has 1 rings (SSSR count). The van der Waals surface area contributed by atoms with E-state index in [1.165, 1.54) is 16.7 Å². The third-order valence-electron chi connectivity index (χ3n) is 3.42. The van der Waals surface area contributed by atoms with E-state index in [1.807, 2.05) is 0 Å². The standard InChI is InChI=1S/C16H29N3/c1-13-10-14(2)12-15(11-13)16(17)6-7-19(5)9-8-18(3)4/h10-12,16H,6-9,17H2,1-5H3. The molecule has 0 spiro atoms. The van der Waals surface area contributed by atoms with Crippen LogP contribution in [0.2, 0.25) is 0 Å². The predicted octanol–water partition coefficient (Wildman–Crippen LogP) is 2.19. The van der Waals surface area contributed by atoms with E-state index >= 15 is 0 Å². The van der Waals surface area contributed by atoms with Gasteiger partial charge in [-0.3, -0.25) is 0 Å². The number of nitrogens with zero attached hydrogens (tertiary/aromatic N) is 2. The summed E-state index contributed by atoms with van der Waals surface area (Å²) < 4.78 is 0. The Morgan fingerprint density at radius 2 is 1.53 bits per heavy atom. The highest BCUT2D eigenvalue weighted by Crippen LogP contribution is 2.17. The number of nitrogens with two attached hydrogens (primary N) is 1. The zero-order valence-electron chi connectivity index (χ0n) is 13.1. The summed E-state index contributed by atoms with van der Waals surface area (Å²) in [6.07, 6.45) is 1.01. The first-order valence-electron chi connectivity index (χ1n) is 7.05. The number of hydrogen-bond acceptors (Lipinski definition) is 3. The summed E-state index contributed by atoms with van der Waals surface area (Å²) >= 11 is 0. The first kappa shape index (κ1) is 16.2. The summed E-state index contributed by atoms with van der Waals surface area (Å²) in [6, 6.07) is 6.74. The van der Waals surface area contributed by atoms with Gasteiger partial charge in [-0.1, -0.05) is 29.3 Å². The largest absolute Gasteiger partial charge is 0.324 e. The van der Waals surface area contributed by atoms with Crippen molar-refractivity contribution in [2.24, 2.45) is 5.73 Å². The van der Waals surface area contributed by atoms with Gasteiger partial charge >= 0.3 is 0 Å². The normalized spacial score (nSPS) is 13.3. The first-order chi connectivity index (χ1) is 8.88. The Hall–Kier alpha value is -0.900. The molecule has 0 heterocycles. The van der Waals surface area contributed by atoms with Crippen molar-refractivity contribution < 1.29 is 0 Å². The van der Waals surface area contributed by atoms with Crippen molar-refractivity contribution in [1.29, 1.82) is 0 Å². The highest BCUT2D eigenvalue weighted by atomic mass is 15.1. The molecule has 0 amide bonds. The van der Waals surface area contributed by atoms with E-state index in [0.29, 0.717) is 0 Å². The van der Waals surface area contributed by atoms with Crippen LogP contribution in [-0.4, -0.2) is 50.6 Å². The third kappa shape index (κ3) is 6.19. The number of likely N-dealkylation sites (N-methyl/N-ethyl adjacent to an activating group) is 2. The lowest BCUT2D eigenvalue weighted by atomic mass is 10.00. The van der Waals surface area contributed by atoms with Crippen molar-refractivity contribution in [3.8, 4) is 0 Å². The van der Waals surface area contributed by atoms with Crippen molar-refractivity contribution in [2.45, 2.75) is 26.3 Å². The minimum atomic E-state index is 0.139. The van der Waals surface area contributed by atoms with Crippen LogP contribution in [0.25, 0.3) is 0 Å².